The van der Waals surface area contributed by atoms with Gasteiger partial charge in [-0.05, 0) is 38.6 Å². The summed E-state index contributed by atoms with van der Waals surface area (Å²) in [5, 5.41) is 0. The van der Waals surface area contributed by atoms with Gasteiger partial charge in [-0.1, -0.05) is 6.92 Å². The first kappa shape index (κ1) is 13.5. The summed E-state index contributed by atoms with van der Waals surface area (Å²) in [6.07, 6.45) is 3.36. The molecule has 1 atom stereocenters. The Bertz CT molecular complexity index is 237. The minimum Gasteiger partial charge on any atom is -0.468 e. The number of rotatable bonds is 7. The van der Waals surface area contributed by atoms with Crippen molar-refractivity contribution in [3.63, 3.8) is 0 Å². The summed E-state index contributed by atoms with van der Waals surface area (Å²) in [5.41, 5.74) is 5.06. The Labute approximate surface area is 98.1 Å². The molecule has 1 saturated carbocycles. The highest BCUT2D eigenvalue weighted by Crippen LogP contribution is 2.29. The molecular formula is C12H24N2O2. The van der Waals surface area contributed by atoms with E-state index in [0.29, 0.717) is 6.42 Å². The van der Waals surface area contributed by atoms with E-state index in [-0.39, 0.29) is 5.97 Å². The fourth-order valence-electron chi connectivity index (χ4n) is 1.77. The Hall–Kier alpha value is -0.610. The van der Waals surface area contributed by atoms with Gasteiger partial charge in [0.05, 0.1) is 7.11 Å². The van der Waals surface area contributed by atoms with Crippen LogP contribution in [0.25, 0.3) is 0 Å². The van der Waals surface area contributed by atoms with Gasteiger partial charge in [0.25, 0.3) is 0 Å². The Balaban J connectivity index is 2.31. The van der Waals surface area contributed by atoms with Crippen molar-refractivity contribution in [3.05, 3.63) is 0 Å². The summed E-state index contributed by atoms with van der Waals surface area (Å²) in [6, 6.07) is 0. The molecule has 16 heavy (non-hydrogen) atoms. The van der Waals surface area contributed by atoms with Gasteiger partial charge in [0.15, 0.2) is 0 Å². The molecule has 0 spiro atoms. The third-order valence-electron chi connectivity index (χ3n) is 3.26. The second-order valence-electron chi connectivity index (χ2n) is 5.00. The zero-order valence-electron chi connectivity index (χ0n) is 10.7. The molecule has 0 aliphatic heterocycles. The van der Waals surface area contributed by atoms with Crippen LogP contribution in [0, 0.1) is 5.92 Å². The molecule has 0 heterocycles. The van der Waals surface area contributed by atoms with Gasteiger partial charge in [-0.25, -0.2) is 0 Å². The van der Waals surface area contributed by atoms with Gasteiger partial charge < -0.3 is 15.4 Å². The van der Waals surface area contributed by atoms with E-state index in [1.165, 1.54) is 20.0 Å². The predicted octanol–water partition coefficient (Wildman–Crippen LogP) is 0.999. The highest BCUT2D eigenvalue weighted by molar-refractivity contribution is 5.79. The van der Waals surface area contributed by atoms with Gasteiger partial charge >= 0.3 is 5.97 Å². The number of hydrogen-bond donors (Lipinski definition) is 1. The van der Waals surface area contributed by atoms with Crippen molar-refractivity contribution in [1.82, 2.24) is 4.90 Å². The fraction of sp³-hybridized carbons (Fsp3) is 0.917. The van der Waals surface area contributed by atoms with Gasteiger partial charge in [0.2, 0.25) is 0 Å². The molecule has 0 bridgehead atoms. The van der Waals surface area contributed by atoms with Crippen molar-refractivity contribution in [2.75, 3.05) is 26.7 Å². The van der Waals surface area contributed by atoms with Crippen molar-refractivity contribution in [1.29, 1.82) is 0 Å². The second-order valence-corrected chi connectivity index (χ2v) is 5.00. The fourth-order valence-corrected chi connectivity index (χ4v) is 1.77. The molecule has 1 fully saturated rings. The van der Waals surface area contributed by atoms with Crippen LogP contribution in [-0.4, -0.2) is 43.2 Å². The molecule has 0 aromatic heterocycles. The maximum Gasteiger partial charge on any atom is 0.325 e. The van der Waals surface area contributed by atoms with Gasteiger partial charge in [0.1, 0.15) is 5.54 Å². The van der Waals surface area contributed by atoms with Gasteiger partial charge in [-0.15, -0.1) is 0 Å². The first-order valence-corrected chi connectivity index (χ1v) is 6.09. The number of nitrogens with two attached hydrogens (primary N) is 1. The third kappa shape index (κ3) is 4.10. The molecule has 0 aromatic rings. The van der Waals surface area contributed by atoms with Crippen molar-refractivity contribution in [3.8, 4) is 0 Å². The SMILES string of the molecule is CCN(CCC(C)(N)C(=O)OC)CC1CC1. The first-order chi connectivity index (χ1) is 7.49. The maximum atomic E-state index is 11.4. The van der Waals surface area contributed by atoms with Crippen molar-refractivity contribution < 1.29 is 9.53 Å². The van der Waals surface area contributed by atoms with E-state index < -0.39 is 5.54 Å². The first-order valence-electron chi connectivity index (χ1n) is 6.09. The summed E-state index contributed by atoms with van der Waals surface area (Å²) >= 11 is 0. The minimum atomic E-state index is -0.855. The number of nitrogens with zero attached hydrogens (tertiary/aromatic N) is 1. The Morgan fingerprint density at radius 1 is 1.56 bits per heavy atom. The van der Waals surface area contributed by atoms with Crippen LogP contribution in [0.3, 0.4) is 0 Å². The van der Waals surface area contributed by atoms with E-state index in [4.69, 9.17) is 10.5 Å². The topological polar surface area (TPSA) is 55.6 Å². The Kier molecular flexibility index (Phi) is 4.74. The molecule has 4 nitrogen and oxygen atoms in total. The lowest BCUT2D eigenvalue weighted by Gasteiger charge is -2.26. The zero-order chi connectivity index (χ0) is 12.2. The molecule has 2 N–H and O–H groups in total. The average molecular weight is 228 g/mol. The highest BCUT2D eigenvalue weighted by atomic mass is 16.5. The van der Waals surface area contributed by atoms with Crippen LogP contribution in [0.15, 0.2) is 0 Å². The lowest BCUT2D eigenvalue weighted by molar-refractivity contribution is -0.146. The van der Waals surface area contributed by atoms with Crippen LogP contribution in [0.5, 0.6) is 0 Å². The molecule has 0 amide bonds. The lowest BCUT2D eigenvalue weighted by Crippen LogP contribution is -2.48. The van der Waals surface area contributed by atoms with Crippen LogP contribution in [0.1, 0.15) is 33.1 Å². The maximum absolute atomic E-state index is 11.4. The zero-order valence-corrected chi connectivity index (χ0v) is 10.7. The van der Waals surface area contributed by atoms with Gasteiger partial charge in [0, 0.05) is 13.1 Å². The van der Waals surface area contributed by atoms with Crippen LogP contribution >= 0.6 is 0 Å². The summed E-state index contributed by atoms with van der Waals surface area (Å²) in [4.78, 5) is 13.8. The second kappa shape index (κ2) is 5.64. The highest BCUT2D eigenvalue weighted by Gasteiger charge is 2.30. The Morgan fingerprint density at radius 2 is 2.19 bits per heavy atom. The van der Waals surface area contributed by atoms with Crippen LogP contribution in [0.2, 0.25) is 0 Å². The number of ether oxygens (including phenoxy) is 1. The molecule has 0 radical (unpaired) electrons. The van der Waals surface area contributed by atoms with E-state index >= 15 is 0 Å². The standard InChI is InChI=1S/C12H24N2O2/c1-4-14(9-10-5-6-10)8-7-12(2,13)11(15)16-3/h10H,4-9,13H2,1-3H3. The predicted molar refractivity (Wildman–Crippen MR) is 64.1 cm³/mol. The summed E-state index contributed by atoms with van der Waals surface area (Å²) in [5.74, 6) is 0.553. The van der Waals surface area contributed by atoms with Crippen LogP contribution in [-0.2, 0) is 9.53 Å². The van der Waals surface area contributed by atoms with Crippen LogP contribution < -0.4 is 5.73 Å². The molecule has 1 aliphatic rings. The normalized spacial score (nSPS) is 19.6. The molecular weight excluding hydrogens is 204 g/mol. The molecule has 1 unspecified atom stereocenters. The van der Waals surface area contributed by atoms with E-state index in [0.717, 1.165) is 25.6 Å². The molecule has 0 saturated heterocycles. The van der Waals surface area contributed by atoms with Crippen molar-refractivity contribution >= 4 is 5.97 Å². The number of hydrogen-bond acceptors (Lipinski definition) is 4. The average Bonchev–Trinajstić information content (AvgIpc) is 3.06. The monoisotopic (exact) mass is 228 g/mol. The Morgan fingerprint density at radius 3 is 2.62 bits per heavy atom. The van der Waals surface area contributed by atoms with E-state index in [1.807, 2.05) is 0 Å². The molecule has 0 aromatic carbocycles. The number of methoxy groups -OCH3 is 1. The lowest BCUT2D eigenvalue weighted by atomic mass is 9.99. The molecule has 4 heteroatoms. The third-order valence-corrected chi connectivity index (χ3v) is 3.26. The number of carbonyl (C=O) groups is 1. The summed E-state index contributed by atoms with van der Waals surface area (Å²) < 4.78 is 4.69. The summed E-state index contributed by atoms with van der Waals surface area (Å²) in [7, 11) is 1.38. The minimum absolute atomic E-state index is 0.324. The summed E-state index contributed by atoms with van der Waals surface area (Å²) in [6.45, 7) is 6.93. The largest absolute Gasteiger partial charge is 0.468 e. The quantitative estimate of drug-likeness (QED) is 0.660. The van der Waals surface area contributed by atoms with E-state index in [2.05, 4.69) is 11.8 Å². The van der Waals surface area contributed by atoms with Gasteiger partial charge in [-0.3, -0.25) is 4.79 Å². The molecule has 1 aliphatic carbocycles. The van der Waals surface area contributed by atoms with Gasteiger partial charge in [-0.2, -0.15) is 0 Å². The molecule has 1 rings (SSSR count). The molecule has 94 valence electrons. The van der Waals surface area contributed by atoms with E-state index in [1.54, 1.807) is 6.92 Å². The van der Waals surface area contributed by atoms with Crippen LogP contribution in [0.4, 0.5) is 0 Å². The van der Waals surface area contributed by atoms with Crippen molar-refractivity contribution in [2.45, 2.75) is 38.6 Å². The number of carbonyl (C=O) groups excluding carboxylic acids is 1. The van der Waals surface area contributed by atoms with Crippen molar-refractivity contribution in [2.24, 2.45) is 11.7 Å². The number of esters is 1. The van der Waals surface area contributed by atoms with E-state index in [9.17, 15) is 4.79 Å². The smallest absolute Gasteiger partial charge is 0.325 e.